The number of hydrogen-bond acceptors (Lipinski definition) is 2. The maximum absolute atomic E-state index is 11.9. The number of halogens is 1. The molecule has 0 bridgehead atoms. The van der Waals surface area contributed by atoms with Crippen LogP contribution in [-0.4, -0.2) is 34.9 Å². The zero-order valence-electron chi connectivity index (χ0n) is 9.70. The Labute approximate surface area is 101 Å². The van der Waals surface area contributed by atoms with E-state index in [0.717, 1.165) is 0 Å². The molecule has 0 saturated heterocycles. The third-order valence-corrected chi connectivity index (χ3v) is 2.45. The smallest absolute Gasteiger partial charge is 0.253 e. The lowest BCUT2D eigenvalue weighted by atomic mass is 10.1. The van der Waals surface area contributed by atoms with Crippen molar-refractivity contribution in [3.05, 3.63) is 29.3 Å². The summed E-state index contributed by atoms with van der Waals surface area (Å²) in [6.07, 6.45) is 0. The summed E-state index contributed by atoms with van der Waals surface area (Å²) in [5.74, 6) is 0.112. The van der Waals surface area contributed by atoms with Crippen molar-refractivity contribution in [2.24, 2.45) is 0 Å². The first-order valence-corrected chi connectivity index (χ1v) is 5.54. The fraction of sp³-hybridized carbons (Fsp3) is 0.417. The summed E-state index contributed by atoms with van der Waals surface area (Å²) in [6, 6.07) is 4.81. The van der Waals surface area contributed by atoms with E-state index in [1.54, 1.807) is 31.0 Å². The lowest BCUT2D eigenvalue weighted by Gasteiger charge is -2.18. The number of carbonyl (C=O) groups is 1. The minimum Gasteiger partial charge on any atom is -0.508 e. The molecular formula is C12H16ClNO2. The molecule has 1 rings (SSSR count). The van der Waals surface area contributed by atoms with Gasteiger partial charge >= 0.3 is 0 Å². The topological polar surface area (TPSA) is 40.5 Å². The van der Waals surface area contributed by atoms with Crippen LogP contribution in [0.4, 0.5) is 0 Å². The number of carbonyl (C=O) groups excluding carboxylic acids is 1. The number of aromatic hydroxyl groups is 1. The van der Waals surface area contributed by atoms with Gasteiger partial charge in [0.2, 0.25) is 0 Å². The Kier molecular flexibility index (Phi) is 4.19. The van der Waals surface area contributed by atoms with Gasteiger partial charge < -0.3 is 10.0 Å². The molecule has 1 atom stereocenters. The highest BCUT2D eigenvalue weighted by Crippen LogP contribution is 2.18. The van der Waals surface area contributed by atoms with Gasteiger partial charge in [0.05, 0.1) is 0 Å². The highest BCUT2D eigenvalue weighted by atomic mass is 35.5. The van der Waals surface area contributed by atoms with Gasteiger partial charge in [0.15, 0.2) is 0 Å². The maximum atomic E-state index is 11.9. The van der Waals surface area contributed by atoms with Gasteiger partial charge in [-0.3, -0.25) is 4.79 Å². The van der Waals surface area contributed by atoms with Crippen molar-refractivity contribution in [1.29, 1.82) is 0 Å². The molecule has 1 N–H and O–H groups in total. The number of amides is 1. The lowest BCUT2D eigenvalue weighted by Crippen LogP contribution is -2.31. The van der Waals surface area contributed by atoms with E-state index in [2.05, 4.69) is 0 Å². The fourth-order valence-corrected chi connectivity index (χ4v) is 1.68. The van der Waals surface area contributed by atoms with Gasteiger partial charge in [0, 0.05) is 24.5 Å². The van der Waals surface area contributed by atoms with Crippen LogP contribution in [0.15, 0.2) is 18.2 Å². The van der Waals surface area contributed by atoms with E-state index in [-0.39, 0.29) is 17.0 Å². The summed E-state index contributed by atoms with van der Waals surface area (Å²) in [4.78, 5) is 13.5. The molecule has 0 aliphatic heterocycles. The number of aryl methyl sites for hydroxylation is 1. The SMILES string of the molecule is Cc1cc(C(=O)N(C)CC(C)Cl)ccc1O. The summed E-state index contributed by atoms with van der Waals surface area (Å²) >= 11 is 5.83. The molecule has 0 saturated carbocycles. The summed E-state index contributed by atoms with van der Waals surface area (Å²) < 4.78 is 0. The summed E-state index contributed by atoms with van der Waals surface area (Å²) in [5.41, 5.74) is 1.26. The predicted octanol–water partition coefficient (Wildman–Crippen LogP) is 2.40. The monoisotopic (exact) mass is 241 g/mol. The first-order valence-electron chi connectivity index (χ1n) is 5.11. The molecule has 0 heterocycles. The highest BCUT2D eigenvalue weighted by Gasteiger charge is 2.14. The molecule has 0 aliphatic rings. The van der Waals surface area contributed by atoms with E-state index in [1.807, 2.05) is 6.92 Å². The first-order chi connectivity index (χ1) is 7.41. The second-order valence-electron chi connectivity index (χ2n) is 3.97. The minimum absolute atomic E-state index is 0.0767. The Balaban J connectivity index is 2.84. The molecular weight excluding hydrogens is 226 g/mol. The standard InChI is InChI=1S/C12H16ClNO2/c1-8-6-10(4-5-11(8)15)12(16)14(3)7-9(2)13/h4-6,9,15H,7H2,1-3H3. The van der Waals surface area contributed by atoms with Crippen LogP contribution in [-0.2, 0) is 0 Å². The van der Waals surface area contributed by atoms with Gasteiger partial charge in [-0.25, -0.2) is 0 Å². The largest absolute Gasteiger partial charge is 0.508 e. The van der Waals surface area contributed by atoms with Gasteiger partial charge in [-0.05, 0) is 37.6 Å². The van der Waals surface area contributed by atoms with E-state index in [4.69, 9.17) is 11.6 Å². The molecule has 1 aromatic carbocycles. The molecule has 0 spiro atoms. The quantitative estimate of drug-likeness (QED) is 0.826. The number of benzene rings is 1. The number of alkyl halides is 1. The second kappa shape index (κ2) is 5.21. The lowest BCUT2D eigenvalue weighted by molar-refractivity contribution is 0.0796. The molecule has 16 heavy (non-hydrogen) atoms. The third kappa shape index (κ3) is 3.14. The van der Waals surface area contributed by atoms with E-state index in [0.29, 0.717) is 17.7 Å². The van der Waals surface area contributed by atoms with Gasteiger partial charge in [-0.2, -0.15) is 0 Å². The van der Waals surface area contributed by atoms with Crippen LogP contribution in [0.2, 0.25) is 0 Å². The fourth-order valence-electron chi connectivity index (χ4n) is 1.47. The molecule has 88 valence electrons. The average Bonchev–Trinajstić information content (AvgIpc) is 2.20. The Morgan fingerprint density at radius 3 is 2.69 bits per heavy atom. The molecule has 0 radical (unpaired) electrons. The van der Waals surface area contributed by atoms with Crippen LogP contribution in [0.5, 0.6) is 5.75 Å². The van der Waals surface area contributed by atoms with E-state index in [1.165, 1.54) is 6.07 Å². The molecule has 1 aromatic rings. The normalized spacial score (nSPS) is 12.2. The molecule has 0 aliphatic carbocycles. The average molecular weight is 242 g/mol. The Hall–Kier alpha value is -1.22. The zero-order valence-corrected chi connectivity index (χ0v) is 10.5. The number of nitrogens with zero attached hydrogens (tertiary/aromatic N) is 1. The van der Waals surface area contributed by atoms with Crippen molar-refractivity contribution < 1.29 is 9.90 Å². The highest BCUT2D eigenvalue weighted by molar-refractivity contribution is 6.20. The van der Waals surface area contributed by atoms with Crippen molar-refractivity contribution in [1.82, 2.24) is 4.90 Å². The number of rotatable bonds is 3. The van der Waals surface area contributed by atoms with Crippen molar-refractivity contribution >= 4 is 17.5 Å². The molecule has 0 fully saturated rings. The van der Waals surface area contributed by atoms with E-state index >= 15 is 0 Å². The van der Waals surface area contributed by atoms with Crippen LogP contribution in [0.25, 0.3) is 0 Å². The van der Waals surface area contributed by atoms with Gasteiger partial charge in [-0.15, -0.1) is 11.6 Å². The van der Waals surface area contributed by atoms with Crippen molar-refractivity contribution in [2.45, 2.75) is 19.2 Å². The molecule has 1 unspecified atom stereocenters. The van der Waals surface area contributed by atoms with Crippen molar-refractivity contribution in [2.75, 3.05) is 13.6 Å². The predicted molar refractivity (Wildman–Crippen MR) is 65.1 cm³/mol. The Morgan fingerprint density at radius 1 is 1.56 bits per heavy atom. The van der Waals surface area contributed by atoms with E-state index < -0.39 is 0 Å². The van der Waals surface area contributed by atoms with Crippen LogP contribution < -0.4 is 0 Å². The Bertz CT molecular complexity index is 391. The van der Waals surface area contributed by atoms with Crippen LogP contribution in [0.3, 0.4) is 0 Å². The molecule has 0 aromatic heterocycles. The van der Waals surface area contributed by atoms with Gasteiger partial charge in [-0.1, -0.05) is 0 Å². The number of phenolic OH excluding ortho intramolecular Hbond substituents is 1. The van der Waals surface area contributed by atoms with Gasteiger partial charge in [0.25, 0.3) is 5.91 Å². The number of hydrogen-bond donors (Lipinski definition) is 1. The zero-order chi connectivity index (χ0) is 12.3. The summed E-state index contributed by atoms with van der Waals surface area (Å²) in [6.45, 7) is 4.10. The number of phenols is 1. The first kappa shape index (κ1) is 12.8. The Morgan fingerprint density at radius 2 is 2.19 bits per heavy atom. The van der Waals surface area contributed by atoms with Crippen molar-refractivity contribution in [3.8, 4) is 5.75 Å². The van der Waals surface area contributed by atoms with Crippen LogP contribution in [0.1, 0.15) is 22.8 Å². The maximum Gasteiger partial charge on any atom is 0.253 e. The molecule has 3 nitrogen and oxygen atoms in total. The second-order valence-corrected chi connectivity index (χ2v) is 4.71. The molecule has 4 heteroatoms. The van der Waals surface area contributed by atoms with Gasteiger partial charge in [0.1, 0.15) is 5.75 Å². The summed E-state index contributed by atoms with van der Waals surface area (Å²) in [5, 5.41) is 9.29. The van der Waals surface area contributed by atoms with Crippen LogP contribution >= 0.6 is 11.6 Å². The minimum atomic E-state index is -0.0874. The molecule has 1 amide bonds. The third-order valence-electron chi connectivity index (χ3n) is 2.32. The van der Waals surface area contributed by atoms with Crippen LogP contribution in [0, 0.1) is 6.92 Å². The summed E-state index contributed by atoms with van der Waals surface area (Å²) in [7, 11) is 1.71. The van der Waals surface area contributed by atoms with E-state index in [9.17, 15) is 9.90 Å². The van der Waals surface area contributed by atoms with Crippen molar-refractivity contribution in [3.63, 3.8) is 0 Å².